The van der Waals surface area contributed by atoms with Crippen molar-refractivity contribution in [1.29, 1.82) is 0 Å². The molecule has 2 atom stereocenters. The molecule has 2 N–H and O–H groups in total. The van der Waals surface area contributed by atoms with Gasteiger partial charge in [0.25, 0.3) is 0 Å². The second-order valence-electron chi connectivity index (χ2n) is 5.06. The van der Waals surface area contributed by atoms with Gasteiger partial charge in [0.2, 0.25) is 5.91 Å². The molecule has 1 rings (SSSR count). The quantitative estimate of drug-likeness (QED) is 0.805. The van der Waals surface area contributed by atoms with Gasteiger partial charge in [0.15, 0.2) is 6.04 Å². The van der Waals surface area contributed by atoms with E-state index in [-0.39, 0.29) is 17.7 Å². The minimum Gasteiger partial charge on any atom is -0.479 e. The molecule has 0 radical (unpaired) electrons. The summed E-state index contributed by atoms with van der Waals surface area (Å²) in [6.07, 6.45) is 1.82. The van der Waals surface area contributed by atoms with Crippen LogP contribution in [0, 0.1) is 11.8 Å². The number of benzene rings is 1. The van der Waals surface area contributed by atoms with Gasteiger partial charge < -0.3 is 10.4 Å². The van der Waals surface area contributed by atoms with Crippen molar-refractivity contribution in [3.05, 3.63) is 35.9 Å². The molecule has 0 saturated carbocycles. The summed E-state index contributed by atoms with van der Waals surface area (Å²) in [6.45, 7) is 5.95. The second-order valence-corrected chi connectivity index (χ2v) is 5.06. The van der Waals surface area contributed by atoms with Crippen LogP contribution in [0.5, 0.6) is 0 Å². The summed E-state index contributed by atoms with van der Waals surface area (Å²) in [6, 6.07) is 7.78. The molecule has 0 aliphatic rings. The van der Waals surface area contributed by atoms with Crippen LogP contribution in [0.15, 0.2) is 30.3 Å². The Hall–Kier alpha value is -1.84. The average molecular weight is 277 g/mol. The van der Waals surface area contributed by atoms with Gasteiger partial charge in [0.05, 0.1) is 0 Å². The lowest BCUT2D eigenvalue weighted by atomic mass is 9.88. The summed E-state index contributed by atoms with van der Waals surface area (Å²) in [5.74, 6) is -1.15. The highest BCUT2D eigenvalue weighted by molar-refractivity contribution is 5.85. The summed E-state index contributed by atoms with van der Waals surface area (Å²) in [7, 11) is 0. The maximum absolute atomic E-state index is 12.2. The number of carbonyl (C=O) groups is 2. The van der Waals surface area contributed by atoms with Crippen LogP contribution in [0.3, 0.4) is 0 Å². The van der Waals surface area contributed by atoms with Crippen molar-refractivity contribution < 1.29 is 14.7 Å². The molecule has 0 aliphatic carbocycles. The van der Waals surface area contributed by atoms with Crippen molar-refractivity contribution in [3.8, 4) is 0 Å². The fourth-order valence-corrected chi connectivity index (χ4v) is 2.42. The fourth-order valence-electron chi connectivity index (χ4n) is 2.42. The van der Waals surface area contributed by atoms with Crippen LogP contribution in [-0.4, -0.2) is 17.0 Å². The largest absolute Gasteiger partial charge is 0.479 e. The van der Waals surface area contributed by atoms with Gasteiger partial charge in [-0.25, -0.2) is 4.79 Å². The van der Waals surface area contributed by atoms with Crippen molar-refractivity contribution in [2.45, 2.75) is 39.7 Å². The highest BCUT2D eigenvalue weighted by atomic mass is 16.4. The first kappa shape index (κ1) is 16.2. The molecule has 0 bridgehead atoms. The number of carbonyl (C=O) groups excluding carboxylic acids is 1. The van der Waals surface area contributed by atoms with E-state index in [1.807, 2.05) is 26.8 Å². The number of carboxylic acid groups (broad SMARTS) is 1. The maximum Gasteiger partial charge on any atom is 0.330 e. The summed E-state index contributed by atoms with van der Waals surface area (Å²) < 4.78 is 0. The molecule has 0 fully saturated rings. The van der Waals surface area contributed by atoms with E-state index in [1.165, 1.54) is 0 Å². The molecular formula is C16H23NO3. The Morgan fingerprint density at radius 2 is 1.70 bits per heavy atom. The third-order valence-corrected chi connectivity index (χ3v) is 3.84. The number of hydrogen-bond acceptors (Lipinski definition) is 2. The average Bonchev–Trinajstić information content (AvgIpc) is 2.46. The molecule has 4 nitrogen and oxygen atoms in total. The lowest BCUT2D eigenvalue weighted by molar-refractivity contribution is -0.143. The second kappa shape index (κ2) is 7.68. The molecule has 1 aromatic rings. The number of hydrogen-bond donors (Lipinski definition) is 2. The Kier molecular flexibility index (Phi) is 6.22. The molecule has 0 heterocycles. The molecule has 110 valence electrons. The monoisotopic (exact) mass is 277 g/mol. The third-order valence-electron chi connectivity index (χ3n) is 3.84. The van der Waals surface area contributed by atoms with Gasteiger partial charge in [-0.3, -0.25) is 4.79 Å². The Balaban J connectivity index is 2.82. The molecule has 20 heavy (non-hydrogen) atoms. The molecule has 0 spiro atoms. The smallest absolute Gasteiger partial charge is 0.330 e. The number of nitrogens with one attached hydrogen (secondary N) is 1. The minimum atomic E-state index is -1.04. The molecular weight excluding hydrogens is 254 g/mol. The molecule has 1 amide bonds. The van der Waals surface area contributed by atoms with E-state index in [9.17, 15) is 14.7 Å². The van der Waals surface area contributed by atoms with E-state index < -0.39 is 12.0 Å². The van der Waals surface area contributed by atoms with Crippen LogP contribution in [0.25, 0.3) is 0 Å². The van der Waals surface area contributed by atoms with Crippen molar-refractivity contribution in [2.75, 3.05) is 0 Å². The molecule has 4 heteroatoms. The van der Waals surface area contributed by atoms with Crippen LogP contribution < -0.4 is 5.32 Å². The van der Waals surface area contributed by atoms with E-state index in [1.54, 1.807) is 24.3 Å². The first-order chi connectivity index (χ1) is 9.51. The Morgan fingerprint density at radius 1 is 1.15 bits per heavy atom. The van der Waals surface area contributed by atoms with Gasteiger partial charge in [0.1, 0.15) is 0 Å². The van der Waals surface area contributed by atoms with E-state index in [4.69, 9.17) is 0 Å². The summed E-state index contributed by atoms with van der Waals surface area (Å²) in [4.78, 5) is 23.6. The predicted octanol–water partition coefficient (Wildman–Crippen LogP) is 3.00. The SMILES string of the molecule is CCC(CC)C(C)C(=O)NC(C(=O)O)c1ccccc1. The van der Waals surface area contributed by atoms with Crippen LogP contribution in [0.1, 0.15) is 45.2 Å². The topological polar surface area (TPSA) is 66.4 Å². The van der Waals surface area contributed by atoms with Crippen molar-refractivity contribution in [3.63, 3.8) is 0 Å². The van der Waals surface area contributed by atoms with Crippen molar-refractivity contribution in [2.24, 2.45) is 11.8 Å². The van der Waals surface area contributed by atoms with Crippen molar-refractivity contribution >= 4 is 11.9 Å². The zero-order valence-electron chi connectivity index (χ0n) is 12.3. The maximum atomic E-state index is 12.2. The molecule has 0 saturated heterocycles. The molecule has 0 aliphatic heterocycles. The van der Waals surface area contributed by atoms with Crippen LogP contribution >= 0.6 is 0 Å². The number of amides is 1. The van der Waals surface area contributed by atoms with E-state index in [0.717, 1.165) is 12.8 Å². The Labute approximate surface area is 120 Å². The van der Waals surface area contributed by atoms with E-state index >= 15 is 0 Å². The van der Waals surface area contributed by atoms with Gasteiger partial charge in [-0.1, -0.05) is 63.9 Å². The molecule has 2 unspecified atom stereocenters. The van der Waals surface area contributed by atoms with Gasteiger partial charge in [0, 0.05) is 5.92 Å². The zero-order chi connectivity index (χ0) is 15.1. The Bertz CT molecular complexity index is 440. The fraction of sp³-hybridized carbons (Fsp3) is 0.500. The summed E-state index contributed by atoms with van der Waals surface area (Å²) >= 11 is 0. The normalized spacial score (nSPS) is 13.8. The number of rotatable bonds is 7. The van der Waals surface area contributed by atoms with E-state index in [2.05, 4.69) is 5.32 Å². The standard InChI is InChI=1S/C16H23NO3/c1-4-12(5-2)11(3)15(18)17-14(16(19)20)13-9-7-6-8-10-13/h6-12,14H,4-5H2,1-3H3,(H,17,18)(H,19,20). The van der Waals surface area contributed by atoms with Crippen LogP contribution in [-0.2, 0) is 9.59 Å². The first-order valence-corrected chi connectivity index (χ1v) is 7.09. The van der Waals surface area contributed by atoms with Gasteiger partial charge in [-0.2, -0.15) is 0 Å². The van der Waals surface area contributed by atoms with E-state index in [0.29, 0.717) is 5.56 Å². The molecule has 0 aromatic heterocycles. The minimum absolute atomic E-state index is 0.185. The van der Waals surface area contributed by atoms with Gasteiger partial charge in [-0.15, -0.1) is 0 Å². The Morgan fingerprint density at radius 3 is 2.15 bits per heavy atom. The summed E-state index contributed by atoms with van der Waals surface area (Å²) in [5.41, 5.74) is 0.588. The molecule has 1 aromatic carbocycles. The number of aliphatic carboxylic acids is 1. The van der Waals surface area contributed by atoms with Crippen molar-refractivity contribution in [1.82, 2.24) is 5.32 Å². The lowest BCUT2D eigenvalue weighted by Crippen LogP contribution is -2.39. The van der Waals surface area contributed by atoms with Crippen LogP contribution in [0.2, 0.25) is 0 Å². The predicted molar refractivity (Wildman–Crippen MR) is 78.2 cm³/mol. The first-order valence-electron chi connectivity index (χ1n) is 7.09. The highest BCUT2D eigenvalue weighted by Crippen LogP contribution is 2.21. The third kappa shape index (κ3) is 4.08. The lowest BCUT2D eigenvalue weighted by Gasteiger charge is -2.23. The van der Waals surface area contributed by atoms with Gasteiger partial charge in [-0.05, 0) is 11.5 Å². The number of carboxylic acids is 1. The highest BCUT2D eigenvalue weighted by Gasteiger charge is 2.27. The zero-order valence-corrected chi connectivity index (χ0v) is 12.3. The summed E-state index contributed by atoms with van der Waals surface area (Å²) in [5, 5.41) is 11.9. The van der Waals surface area contributed by atoms with Crippen LogP contribution in [0.4, 0.5) is 0 Å². The van der Waals surface area contributed by atoms with Gasteiger partial charge >= 0.3 is 5.97 Å².